The summed E-state index contributed by atoms with van der Waals surface area (Å²) < 4.78 is 0. The minimum Gasteiger partial charge on any atom is -0.392 e. The summed E-state index contributed by atoms with van der Waals surface area (Å²) in [7, 11) is 0. The molecule has 0 aromatic heterocycles. The van der Waals surface area contributed by atoms with E-state index in [1.807, 2.05) is 6.92 Å². The molecular weight excluding hydrogens is 272 g/mol. The Morgan fingerprint density at radius 3 is 2.41 bits per heavy atom. The fourth-order valence-corrected chi connectivity index (χ4v) is 2.86. The van der Waals surface area contributed by atoms with Gasteiger partial charge >= 0.3 is 0 Å². The summed E-state index contributed by atoms with van der Waals surface area (Å²) >= 11 is 0. The standard InChI is InChI=1S/2C10H18O/c1-7(2)9-5-4-8(3)6-10(9)11;1-9(2)5-4-6-10(3)7-8-11/h8-11H,1,4-6H2,2-3H3;5,8,10H,4,6-7H2,1-3H3. The van der Waals surface area contributed by atoms with Crippen molar-refractivity contribution in [3.8, 4) is 0 Å². The van der Waals surface area contributed by atoms with Gasteiger partial charge in [-0.2, -0.15) is 0 Å². The Labute approximate surface area is 137 Å². The van der Waals surface area contributed by atoms with E-state index in [0.29, 0.717) is 24.2 Å². The van der Waals surface area contributed by atoms with Gasteiger partial charge < -0.3 is 9.90 Å². The van der Waals surface area contributed by atoms with Crippen LogP contribution in [0.5, 0.6) is 0 Å². The van der Waals surface area contributed by atoms with Gasteiger partial charge in [-0.3, -0.25) is 0 Å². The van der Waals surface area contributed by atoms with Crippen molar-refractivity contribution >= 4 is 6.29 Å². The Kier molecular flexibility index (Phi) is 11.2. The van der Waals surface area contributed by atoms with E-state index < -0.39 is 0 Å². The van der Waals surface area contributed by atoms with E-state index in [2.05, 4.69) is 40.3 Å². The van der Waals surface area contributed by atoms with Gasteiger partial charge in [-0.15, -0.1) is 0 Å². The van der Waals surface area contributed by atoms with E-state index >= 15 is 0 Å². The molecule has 1 fully saturated rings. The molecule has 22 heavy (non-hydrogen) atoms. The smallest absolute Gasteiger partial charge is 0.120 e. The predicted octanol–water partition coefficient (Wildman–Crippen LogP) is 5.32. The van der Waals surface area contributed by atoms with E-state index in [-0.39, 0.29) is 6.10 Å². The first kappa shape index (κ1) is 21.1. The van der Waals surface area contributed by atoms with Crippen molar-refractivity contribution in [2.75, 3.05) is 0 Å². The summed E-state index contributed by atoms with van der Waals surface area (Å²) in [5.41, 5.74) is 2.51. The van der Waals surface area contributed by atoms with Gasteiger partial charge in [0.2, 0.25) is 0 Å². The predicted molar refractivity (Wildman–Crippen MR) is 95.8 cm³/mol. The molecule has 0 amide bonds. The SMILES string of the molecule is C=C(C)C1CCC(C)CC1O.CC(C)=CCCC(C)CC=O. The van der Waals surface area contributed by atoms with Gasteiger partial charge in [-0.25, -0.2) is 0 Å². The molecule has 4 unspecified atom stereocenters. The number of carbonyl (C=O) groups excluding carboxylic acids is 1. The first-order valence-corrected chi connectivity index (χ1v) is 8.68. The summed E-state index contributed by atoms with van der Waals surface area (Å²) in [6.07, 6.45) is 9.37. The molecule has 0 heterocycles. The fraction of sp³-hybridized carbons (Fsp3) is 0.750. The van der Waals surface area contributed by atoms with Crippen LogP contribution in [-0.2, 0) is 4.79 Å². The zero-order chi connectivity index (χ0) is 17.1. The second-order valence-corrected chi connectivity index (χ2v) is 7.30. The Morgan fingerprint density at radius 2 is 1.95 bits per heavy atom. The molecule has 0 radical (unpaired) electrons. The van der Waals surface area contributed by atoms with Gasteiger partial charge in [0.05, 0.1) is 6.10 Å². The maximum atomic E-state index is 10.1. The topological polar surface area (TPSA) is 37.3 Å². The van der Waals surface area contributed by atoms with Crippen molar-refractivity contribution in [1.29, 1.82) is 0 Å². The van der Waals surface area contributed by atoms with Crippen molar-refractivity contribution in [2.24, 2.45) is 17.8 Å². The van der Waals surface area contributed by atoms with Crippen molar-refractivity contribution < 1.29 is 9.90 Å². The molecule has 2 heteroatoms. The number of aldehydes is 1. The number of aliphatic hydroxyl groups is 1. The largest absolute Gasteiger partial charge is 0.392 e. The highest BCUT2D eigenvalue weighted by molar-refractivity contribution is 5.49. The lowest BCUT2D eigenvalue weighted by molar-refractivity contribution is -0.108. The molecule has 0 spiro atoms. The fourth-order valence-electron chi connectivity index (χ4n) is 2.86. The summed E-state index contributed by atoms with van der Waals surface area (Å²) in [4.78, 5) is 10.1. The quantitative estimate of drug-likeness (QED) is 0.533. The molecule has 128 valence electrons. The summed E-state index contributed by atoms with van der Waals surface area (Å²) in [5.74, 6) is 1.61. The number of rotatable bonds is 6. The number of aliphatic hydroxyl groups excluding tert-OH is 1. The van der Waals surface area contributed by atoms with Crippen LogP contribution in [0.1, 0.15) is 73.1 Å². The van der Waals surface area contributed by atoms with Gasteiger partial charge in [0.1, 0.15) is 6.29 Å². The van der Waals surface area contributed by atoms with Crippen molar-refractivity contribution in [3.05, 3.63) is 23.8 Å². The lowest BCUT2D eigenvalue weighted by atomic mass is 9.78. The van der Waals surface area contributed by atoms with Crippen molar-refractivity contribution in [2.45, 2.75) is 79.2 Å². The maximum absolute atomic E-state index is 10.1. The first-order chi connectivity index (χ1) is 10.3. The molecule has 0 bridgehead atoms. The molecule has 0 saturated heterocycles. The third kappa shape index (κ3) is 9.94. The number of hydrogen-bond acceptors (Lipinski definition) is 2. The third-order valence-corrected chi connectivity index (χ3v) is 4.42. The zero-order valence-corrected chi connectivity index (χ0v) is 15.3. The van der Waals surface area contributed by atoms with Crippen LogP contribution in [0.15, 0.2) is 23.8 Å². The third-order valence-electron chi connectivity index (χ3n) is 4.42. The zero-order valence-electron chi connectivity index (χ0n) is 15.3. The second-order valence-electron chi connectivity index (χ2n) is 7.30. The van der Waals surface area contributed by atoms with Crippen LogP contribution in [0.25, 0.3) is 0 Å². The normalized spacial score (nSPS) is 25.5. The summed E-state index contributed by atoms with van der Waals surface area (Å²) in [5, 5.41) is 9.65. The van der Waals surface area contributed by atoms with E-state index in [1.54, 1.807) is 0 Å². The first-order valence-electron chi connectivity index (χ1n) is 8.68. The minimum absolute atomic E-state index is 0.128. The van der Waals surface area contributed by atoms with Gasteiger partial charge in [0, 0.05) is 12.3 Å². The van der Waals surface area contributed by atoms with E-state index in [4.69, 9.17) is 0 Å². The number of allylic oxidation sites excluding steroid dienone is 2. The molecule has 1 saturated carbocycles. The monoisotopic (exact) mass is 308 g/mol. The van der Waals surface area contributed by atoms with Crippen molar-refractivity contribution in [3.63, 3.8) is 0 Å². The van der Waals surface area contributed by atoms with Crippen LogP contribution in [-0.4, -0.2) is 17.5 Å². The van der Waals surface area contributed by atoms with Crippen molar-refractivity contribution in [1.82, 2.24) is 0 Å². The van der Waals surface area contributed by atoms with Crippen LogP contribution in [0.3, 0.4) is 0 Å². The molecule has 0 aliphatic heterocycles. The molecule has 2 nitrogen and oxygen atoms in total. The van der Waals surface area contributed by atoms with E-state index in [9.17, 15) is 9.90 Å². The minimum atomic E-state index is -0.128. The number of carbonyl (C=O) groups is 1. The van der Waals surface area contributed by atoms with Gasteiger partial charge in [0.25, 0.3) is 0 Å². The highest BCUT2D eigenvalue weighted by Gasteiger charge is 2.26. The van der Waals surface area contributed by atoms with E-state index in [0.717, 1.165) is 37.5 Å². The summed E-state index contributed by atoms with van der Waals surface area (Å²) in [6.45, 7) is 14.4. The molecule has 0 aromatic carbocycles. The lowest BCUT2D eigenvalue weighted by Gasteiger charge is -2.31. The highest BCUT2D eigenvalue weighted by Crippen LogP contribution is 2.32. The maximum Gasteiger partial charge on any atom is 0.120 e. The molecule has 1 aliphatic rings. The average molecular weight is 309 g/mol. The number of hydrogen-bond donors (Lipinski definition) is 1. The molecule has 1 N–H and O–H groups in total. The Hall–Kier alpha value is -0.890. The lowest BCUT2D eigenvalue weighted by Crippen LogP contribution is -2.28. The Bertz CT molecular complexity index is 353. The molecule has 4 atom stereocenters. The van der Waals surface area contributed by atoms with Gasteiger partial charge in [-0.1, -0.05) is 37.6 Å². The Balaban J connectivity index is 0.000000401. The molecule has 1 rings (SSSR count). The van der Waals surface area contributed by atoms with Crippen LogP contribution in [0, 0.1) is 17.8 Å². The van der Waals surface area contributed by atoms with Crippen LogP contribution in [0.4, 0.5) is 0 Å². The van der Waals surface area contributed by atoms with Crippen LogP contribution in [0.2, 0.25) is 0 Å². The Morgan fingerprint density at radius 1 is 1.32 bits per heavy atom. The summed E-state index contributed by atoms with van der Waals surface area (Å²) in [6, 6.07) is 0. The van der Waals surface area contributed by atoms with Gasteiger partial charge in [0.15, 0.2) is 0 Å². The van der Waals surface area contributed by atoms with E-state index in [1.165, 1.54) is 12.0 Å². The molecule has 1 aliphatic carbocycles. The molecular formula is C20H36O2. The van der Waals surface area contributed by atoms with Crippen LogP contribution < -0.4 is 0 Å². The van der Waals surface area contributed by atoms with Gasteiger partial charge in [-0.05, 0) is 64.7 Å². The molecule has 0 aromatic rings. The second kappa shape index (κ2) is 11.6. The highest BCUT2D eigenvalue weighted by atomic mass is 16.3. The average Bonchev–Trinajstić information content (AvgIpc) is 2.38. The van der Waals surface area contributed by atoms with Crippen LogP contribution >= 0.6 is 0 Å².